The van der Waals surface area contributed by atoms with Gasteiger partial charge in [-0.3, -0.25) is 9.89 Å². The fraction of sp³-hybridized carbons (Fsp3) is 0.944. The molecule has 5 heteroatoms. The Bertz CT molecular complexity index is 351. The van der Waals surface area contributed by atoms with Crippen LogP contribution in [0.2, 0.25) is 0 Å². The lowest BCUT2D eigenvalue weighted by Gasteiger charge is -2.40. The molecule has 1 saturated carbocycles. The van der Waals surface area contributed by atoms with Gasteiger partial charge in [-0.25, -0.2) is 0 Å². The second-order valence-electron chi connectivity index (χ2n) is 7.10. The minimum atomic E-state index is 0.499. The maximum Gasteiger partial charge on any atom is 0.191 e. The molecule has 2 fully saturated rings. The summed E-state index contributed by atoms with van der Waals surface area (Å²) in [7, 11) is 0. The topological polar surface area (TPSA) is 42.9 Å². The van der Waals surface area contributed by atoms with Gasteiger partial charge in [-0.15, -0.1) is 0 Å². The first-order chi connectivity index (χ1) is 11.2. The molecule has 2 rings (SSSR count). The minimum absolute atomic E-state index is 0.499. The number of hydrogen-bond donors (Lipinski definition) is 2. The van der Waals surface area contributed by atoms with Crippen molar-refractivity contribution in [1.82, 2.24) is 20.4 Å². The molecule has 1 aliphatic carbocycles. The van der Waals surface area contributed by atoms with Crippen LogP contribution >= 0.6 is 0 Å². The first-order valence-electron chi connectivity index (χ1n) is 9.68. The molecule has 0 aromatic heterocycles. The quantitative estimate of drug-likeness (QED) is 0.528. The Morgan fingerprint density at radius 3 is 2.22 bits per heavy atom. The van der Waals surface area contributed by atoms with Gasteiger partial charge in [0.2, 0.25) is 0 Å². The van der Waals surface area contributed by atoms with E-state index in [9.17, 15) is 0 Å². The normalized spacial score (nSPS) is 22.7. The molecular formula is C18H37N5. The number of guanidine groups is 1. The van der Waals surface area contributed by atoms with Gasteiger partial charge in [-0.05, 0) is 38.1 Å². The molecule has 0 atom stereocenters. The number of aliphatic imine (C=N–C) groups is 1. The third kappa shape index (κ3) is 5.64. The van der Waals surface area contributed by atoms with E-state index in [1.54, 1.807) is 0 Å². The molecule has 0 unspecified atom stereocenters. The lowest BCUT2D eigenvalue weighted by Crippen LogP contribution is -2.49. The molecule has 23 heavy (non-hydrogen) atoms. The van der Waals surface area contributed by atoms with E-state index in [2.05, 4.69) is 41.2 Å². The van der Waals surface area contributed by atoms with Gasteiger partial charge in [0.05, 0.1) is 0 Å². The minimum Gasteiger partial charge on any atom is -0.357 e. The summed E-state index contributed by atoms with van der Waals surface area (Å²) in [6.07, 6.45) is 5.36. The number of nitrogens with one attached hydrogen (secondary N) is 2. The number of rotatable bonds is 8. The first kappa shape index (κ1) is 18.5. The van der Waals surface area contributed by atoms with Crippen molar-refractivity contribution in [2.75, 3.05) is 58.9 Å². The second kappa shape index (κ2) is 9.48. The van der Waals surface area contributed by atoms with Gasteiger partial charge in [-0.1, -0.05) is 20.3 Å². The van der Waals surface area contributed by atoms with Crippen molar-refractivity contribution >= 4 is 5.96 Å². The van der Waals surface area contributed by atoms with Crippen LogP contribution in [-0.2, 0) is 0 Å². The maximum atomic E-state index is 4.85. The van der Waals surface area contributed by atoms with Crippen LogP contribution in [-0.4, -0.2) is 74.7 Å². The van der Waals surface area contributed by atoms with E-state index >= 15 is 0 Å². The maximum absolute atomic E-state index is 4.85. The monoisotopic (exact) mass is 323 g/mol. The average Bonchev–Trinajstić information content (AvgIpc) is 2.55. The number of nitrogens with zero attached hydrogens (tertiary/aromatic N) is 3. The number of likely N-dealkylation sites (N-methyl/N-ethyl adjacent to an activating group) is 1. The molecule has 1 aliphatic heterocycles. The lowest BCUT2D eigenvalue weighted by atomic mass is 9.67. The number of hydrogen-bond acceptors (Lipinski definition) is 3. The Kier molecular flexibility index (Phi) is 7.63. The zero-order valence-corrected chi connectivity index (χ0v) is 15.5. The van der Waals surface area contributed by atoms with Crippen molar-refractivity contribution in [3.63, 3.8) is 0 Å². The predicted molar refractivity (Wildman–Crippen MR) is 99.1 cm³/mol. The van der Waals surface area contributed by atoms with Crippen molar-refractivity contribution in [3.8, 4) is 0 Å². The molecule has 134 valence electrons. The summed E-state index contributed by atoms with van der Waals surface area (Å²) in [5, 5.41) is 6.92. The Hall–Kier alpha value is -0.810. The Morgan fingerprint density at radius 1 is 1.00 bits per heavy atom. The third-order valence-electron chi connectivity index (χ3n) is 5.71. The van der Waals surface area contributed by atoms with Crippen LogP contribution in [0.5, 0.6) is 0 Å². The zero-order valence-electron chi connectivity index (χ0n) is 15.5. The summed E-state index contributed by atoms with van der Waals surface area (Å²) in [6, 6.07) is 0. The van der Waals surface area contributed by atoms with Gasteiger partial charge < -0.3 is 15.5 Å². The molecule has 0 aromatic carbocycles. The third-order valence-corrected chi connectivity index (χ3v) is 5.71. The molecule has 2 N–H and O–H groups in total. The highest BCUT2D eigenvalue weighted by Crippen LogP contribution is 2.43. The molecule has 1 heterocycles. The van der Waals surface area contributed by atoms with Crippen molar-refractivity contribution in [2.24, 2.45) is 10.4 Å². The zero-order chi connectivity index (χ0) is 16.5. The number of piperazine rings is 1. The van der Waals surface area contributed by atoms with Gasteiger partial charge in [0.1, 0.15) is 0 Å². The SMILES string of the molecule is CCNC(=NCC1(CC)CCC1)NCCN1CCN(CC)CC1. The van der Waals surface area contributed by atoms with Crippen LogP contribution in [0, 0.1) is 5.41 Å². The van der Waals surface area contributed by atoms with Crippen LogP contribution in [0.25, 0.3) is 0 Å². The predicted octanol–water partition coefficient (Wildman–Crippen LogP) is 1.76. The lowest BCUT2D eigenvalue weighted by molar-refractivity contribution is 0.138. The van der Waals surface area contributed by atoms with Gasteiger partial charge in [0, 0.05) is 52.4 Å². The van der Waals surface area contributed by atoms with E-state index in [4.69, 9.17) is 4.99 Å². The summed E-state index contributed by atoms with van der Waals surface area (Å²) in [5.41, 5.74) is 0.499. The van der Waals surface area contributed by atoms with Crippen molar-refractivity contribution in [1.29, 1.82) is 0 Å². The summed E-state index contributed by atoms with van der Waals surface area (Å²) >= 11 is 0. The van der Waals surface area contributed by atoms with Crippen LogP contribution in [0.1, 0.15) is 46.5 Å². The fourth-order valence-electron chi connectivity index (χ4n) is 3.55. The highest BCUT2D eigenvalue weighted by Gasteiger charge is 2.34. The van der Waals surface area contributed by atoms with E-state index in [0.717, 1.165) is 32.1 Å². The van der Waals surface area contributed by atoms with Gasteiger partial charge >= 0.3 is 0 Å². The molecule has 5 nitrogen and oxygen atoms in total. The molecular weight excluding hydrogens is 286 g/mol. The Morgan fingerprint density at radius 2 is 1.70 bits per heavy atom. The first-order valence-corrected chi connectivity index (χ1v) is 9.68. The highest BCUT2D eigenvalue weighted by atomic mass is 15.3. The Balaban J connectivity index is 1.70. The average molecular weight is 324 g/mol. The molecule has 2 aliphatic rings. The summed E-state index contributed by atoms with van der Waals surface area (Å²) in [6.45, 7) is 16.7. The van der Waals surface area contributed by atoms with E-state index in [1.165, 1.54) is 58.4 Å². The standard InChI is InChI=1S/C18H37N5/c1-4-18(8-7-9-18)16-21-17(19-5-2)20-10-11-23-14-12-22(6-3)13-15-23/h4-16H2,1-3H3,(H2,19,20,21). The molecule has 0 spiro atoms. The highest BCUT2D eigenvalue weighted by molar-refractivity contribution is 5.79. The van der Waals surface area contributed by atoms with E-state index in [0.29, 0.717) is 5.41 Å². The van der Waals surface area contributed by atoms with Crippen molar-refractivity contribution in [2.45, 2.75) is 46.5 Å². The second-order valence-corrected chi connectivity index (χ2v) is 7.10. The molecule has 0 bridgehead atoms. The fourth-order valence-corrected chi connectivity index (χ4v) is 3.55. The van der Waals surface area contributed by atoms with Crippen molar-refractivity contribution < 1.29 is 0 Å². The molecule has 1 saturated heterocycles. The summed E-state index contributed by atoms with van der Waals surface area (Å²) in [4.78, 5) is 9.94. The Labute approximate surface area is 142 Å². The van der Waals surface area contributed by atoms with Gasteiger partial charge in [-0.2, -0.15) is 0 Å². The van der Waals surface area contributed by atoms with Gasteiger partial charge in [0.25, 0.3) is 0 Å². The molecule has 0 radical (unpaired) electrons. The largest absolute Gasteiger partial charge is 0.357 e. The molecule has 0 amide bonds. The molecule has 0 aromatic rings. The smallest absolute Gasteiger partial charge is 0.191 e. The van der Waals surface area contributed by atoms with E-state index < -0.39 is 0 Å². The van der Waals surface area contributed by atoms with Crippen LogP contribution in [0.4, 0.5) is 0 Å². The summed E-state index contributed by atoms with van der Waals surface area (Å²) in [5.74, 6) is 0.999. The van der Waals surface area contributed by atoms with Crippen LogP contribution in [0.3, 0.4) is 0 Å². The van der Waals surface area contributed by atoms with Crippen molar-refractivity contribution in [3.05, 3.63) is 0 Å². The summed E-state index contributed by atoms with van der Waals surface area (Å²) < 4.78 is 0. The van der Waals surface area contributed by atoms with E-state index in [1.807, 2.05) is 0 Å². The van der Waals surface area contributed by atoms with Crippen LogP contribution < -0.4 is 10.6 Å². The van der Waals surface area contributed by atoms with E-state index in [-0.39, 0.29) is 0 Å². The van der Waals surface area contributed by atoms with Gasteiger partial charge in [0.15, 0.2) is 5.96 Å². The van der Waals surface area contributed by atoms with Crippen LogP contribution in [0.15, 0.2) is 4.99 Å².